The Kier molecular flexibility index (Phi) is 2.18. The lowest BCUT2D eigenvalue weighted by atomic mass is 9.59. The second kappa shape index (κ2) is 3.05. The SMILES string of the molecule is CC1(C)CCC[C@@H]2CCCC[C@@H]21. The first kappa shape index (κ1) is 8.59. The van der Waals surface area contributed by atoms with E-state index >= 15 is 0 Å². The van der Waals surface area contributed by atoms with Crippen molar-refractivity contribution in [3.63, 3.8) is 0 Å². The summed E-state index contributed by atoms with van der Waals surface area (Å²) in [6.45, 7) is 4.99. The largest absolute Gasteiger partial charge is 0.0596 e. The summed E-state index contributed by atoms with van der Waals surface area (Å²) in [5.74, 6) is 2.17. The third-order valence-corrected chi connectivity index (χ3v) is 4.31. The van der Waals surface area contributed by atoms with Gasteiger partial charge in [0.25, 0.3) is 0 Å². The van der Waals surface area contributed by atoms with E-state index in [1.807, 2.05) is 0 Å². The first-order valence-electron chi connectivity index (χ1n) is 5.70. The van der Waals surface area contributed by atoms with Crippen molar-refractivity contribution in [1.29, 1.82) is 0 Å². The summed E-state index contributed by atoms with van der Waals surface area (Å²) in [6.07, 6.45) is 10.6. The van der Waals surface area contributed by atoms with E-state index in [-0.39, 0.29) is 0 Å². The van der Waals surface area contributed by atoms with Gasteiger partial charge in [-0.1, -0.05) is 46.0 Å². The van der Waals surface area contributed by atoms with Gasteiger partial charge in [-0.25, -0.2) is 0 Å². The molecule has 0 heterocycles. The van der Waals surface area contributed by atoms with Gasteiger partial charge in [0.1, 0.15) is 0 Å². The Morgan fingerprint density at radius 1 is 0.917 bits per heavy atom. The summed E-state index contributed by atoms with van der Waals surface area (Å²) in [7, 11) is 0. The van der Waals surface area contributed by atoms with Crippen LogP contribution >= 0.6 is 0 Å². The molecule has 0 nitrogen and oxygen atoms in total. The van der Waals surface area contributed by atoms with Crippen LogP contribution in [0.4, 0.5) is 0 Å². The van der Waals surface area contributed by atoms with Crippen LogP contribution in [0.15, 0.2) is 0 Å². The molecule has 0 saturated heterocycles. The molecule has 0 aromatic rings. The van der Waals surface area contributed by atoms with Crippen molar-refractivity contribution in [1.82, 2.24) is 0 Å². The molecule has 12 heavy (non-hydrogen) atoms. The number of hydrogen-bond donors (Lipinski definition) is 0. The summed E-state index contributed by atoms with van der Waals surface area (Å²) >= 11 is 0. The topological polar surface area (TPSA) is 0 Å². The van der Waals surface area contributed by atoms with Gasteiger partial charge < -0.3 is 0 Å². The highest BCUT2D eigenvalue weighted by Gasteiger charge is 2.39. The van der Waals surface area contributed by atoms with Crippen molar-refractivity contribution in [2.75, 3.05) is 0 Å². The maximum atomic E-state index is 2.50. The van der Waals surface area contributed by atoms with E-state index in [4.69, 9.17) is 0 Å². The third-order valence-electron chi connectivity index (χ3n) is 4.31. The fraction of sp³-hybridized carbons (Fsp3) is 1.00. The minimum atomic E-state index is 0.670. The van der Waals surface area contributed by atoms with E-state index in [1.165, 1.54) is 44.9 Å². The van der Waals surface area contributed by atoms with Crippen LogP contribution in [0.3, 0.4) is 0 Å². The molecule has 2 fully saturated rings. The van der Waals surface area contributed by atoms with Gasteiger partial charge in [-0.3, -0.25) is 0 Å². The van der Waals surface area contributed by atoms with Gasteiger partial charge in [0.2, 0.25) is 0 Å². The predicted octanol–water partition coefficient (Wildman–Crippen LogP) is 4.00. The quantitative estimate of drug-likeness (QED) is 0.510. The fourth-order valence-corrected chi connectivity index (χ4v) is 3.59. The van der Waals surface area contributed by atoms with Crippen LogP contribution in [-0.4, -0.2) is 0 Å². The maximum absolute atomic E-state index is 2.50. The smallest absolute Gasteiger partial charge is 0.0323 e. The van der Waals surface area contributed by atoms with Gasteiger partial charge in [0, 0.05) is 0 Å². The number of fused-ring (bicyclic) bond motifs is 1. The van der Waals surface area contributed by atoms with E-state index in [0.717, 1.165) is 11.8 Å². The van der Waals surface area contributed by atoms with Crippen LogP contribution < -0.4 is 0 Å². The van der Waals surface area contributed by atoms with Crippen LogP contribution in [0.5, 0.6) is 0 Å². The zero-order valence-corrected chi connectivity index (χ0v) is 8.60. The monoisotopic (exact) mass is 166 g/mol. The second-order valence-electron chi connectivity index (χ2n) is 5.53. The lowest BCUT2D eigenvalue weighted by Gasteiger charge is -2.46. The highest BCUT2D eigenvalue weighted by atomic mass is 14.4. The molecule has 0 unspecified atom stereocenters. The first-order chi connectivity index (χ1) is 5.70. The summed E-state index contributed by atoms with van der Waals surface area (Å²) in [6, 6.07) is 0. The van der Waals surface area contributed by atoms with E-state index in [9.17, 15) is 0 Å². The average Bonchev–Trinajstić information content (AvgIpc) is 2.04. The maximum Gasteiger partial charge on any atom is -0.0323 e. The highest BCUT2D eigenvalue weighted by Crippen LogP contribution is 2.50. The minimum absolute atomic E-state index is 0.670. The van der Waals surface area contributed by atoms with E-state index in [1.54, 1.807) is 0 Å². The molecule has 2 atom stereocenters. The molecule has 0 bridgehead atoms. The van der Waals surface area contributed by atoms with Crippen molar-refractivity contribution in [3.05, 3.63) is 0 Å². The van der Waals surface area contributed by atoms with Gasteiger partial charge in [-0.05, 0) is 30.1 Å². The minimum Gasteiger partial charge on any atom is -0.0596 e. The normalized spacial score (nSPS) is 40.5. The molecule has 0 heteroatoms. The molecule has 0 N–H and O–H groups in total. The predicted molar refractivity (Wildman–Crippen MR) is 53.1 cm³/mol. The number of hydrogen-bond acceptors (Lipinski definition) is 0. The van der Waals surface area contributed by atoms with Crippen LogP contribution in [-0.2, 0) is 0 Å². The van der Waals surface area contributed by atoms with Crippen molar-refractivity contribution in [2.24, 2.45) is 17.3 Å². The Labute approximate surface area is 76.7 Å². The van der Waals surface area contributed by atoms with E-state index < -0.39 is 0 Å². The van der Waals surface area contributed by atoms with Crippen molar-refractivity contribution in [3.8, 4) is 0 Å². The van der Waals surface area contributed by atoms with Crippen LogP contribution in [0.2, 0.25) is 0 Å². The highest BCUT2D eigenvalue weighted by molar-refractivity contribution is 4.90. The molecule has 2 aliphatic rings. The molecular formula is C12H22. The zero-order valence-electron chi connectivity index (χ0n) is 8.60. The number of rotatable bonds is 0. The Morgan fingerprint density at radius 3 is 2.33 bits per heavy atom. The second-order valence-corrected chi connectivity index (χ2v) is 5.53. The Balaban J connectivity index is 2.09. The molecule has 0 aromatic carbocycles. The third kappa shape index (κ3) is 1.41. The summed E-state index contributed by atoms with van der Waals surface area (Å²) in [4.78, 5) is 0. The summed E-state index contributed by atoms with van der Waals surface area (Å²) < 4.78 is 0. The van der Waals surface area contributed by atoms with E-state index in [0.29, 0.717) is 5.41 Å². The standard InChI is InChI=1S/C12H22/c1-12(2)9-5-7-10-6-3-4-8-11(10)12/h10-11H,3-9H2,1-2H3/t10-,11-/m0/s1. The molecule has 70 valence electrons. The molecule has 0 aromatic heterocycles. The summed E-state index contributed by atoms with van der Waals surface area (Å²) in [5.41, 5.74) is 0.670. The molecule has 2 rings (SSSR count). The van der Waals surface area contributed by atoms with Gasteiger partial charge in [0.15, 0.2) is 0 Å². The molecular weight excluding hydrogens is 144 g/mol. The molecule has 2 saturated carbocycles. The molecule has 0 amide bonds. The van der Waals surface area contributed by atoms with Crippen molar-refractivity contribution >= 4 is 0 Å². The molecule has 2 aliphatic carbocycles. The Morgan fingerprint density at radius 2 is 1.58 bits per heavy atom. The van der Waals surface area contributed by atoms with Gasteiger partial charge in [-0.15, -0.1) is 0 Å². The van der Waals surface area contributed by atoms with Gasteiger partial charge >= 0.3 is 0 Å². The fourth-order valence-electron chi connectivity index (χ4n) is 3.59. The lowest BCUT2D eigenvalue weighted by Crippen LogP contribution is -2.36. The molecule has 0 radical (unpaired) electrons. The Bertz CT molecular complexity index is 155. The average molecular weight is 166 g/mol. The lowest BCUT2D eigenvalue weighted by molar-refractivity contribution is 0.0404. The molecule has 0 spiro atoms. The zero-order chi connectivity index (χ0) is 8.60. The van der Waals surface area contributed by atoms with Crippen molar-refractivity contribution in [2.45, 2.75) is 58.8 Å². The first-order valence-corrected chi connectivity index (χ1v) is 5.70. The van der Waals surface area contributed by atoms with Crippen molar-refractivity contribution < 1.29 is 0 Å². The van der Waals surface area contributed by atoms with Crippen LogP contribution in [0.1, 0.15) is 58.8 Å². The van der Waals surface area contributed by atoms with E-state index in [2.05, 4.69) is 13.8 Å². The Hall–Kier alpha value is 0. The summed E-state index contributed by atoms with van der Waals surface area (Å²) in [5, 5.41) is 0. The van der Waals surface area contributed by atoms with Crippen LogP contribution in [0.25, 0.3) is 0 Å². The van der Waals surface area contributed by atoms with Gasteiger partial charge in [-0.2, -0.15) is 0 Å². The van der Waals surface area contributed by atoms with Crippen LogP contribution in [0, 0.1) is 17.3 Å². The molecule has 0 aliphatic heterocycles. The van der Waals surface area contributed by atoms with Gasteiger partial charge in [0.05, 0.1) is 0 Å².